The lowest BCUT2D eigenvalue weighted by Gasteiger charge is -2.07. The van der Waals surface area contributed by atoms with Gasteiger partial charge < -0.3 is 19.1 Å². The Morgan fingerprint density at radius 3 is 2.56 bits per heavy atom. The number of aromatic carboxylic acids is 1. The lowest BCUT2D eigenvalue weighted by atomic mass is 10.1. The van der Waals surface area contributed by atoms with Crippen LogP contribution in [0, 0.1) is 0 Å². The van der Waals surface area contributed by atoms with Gasteiger partial charge in [-0.05, 0) is 55.5 Å². The van der Waals surface area contributed by atoms with E-state index in [1.807, 2.05) is 0 Å². The number of benzene rings is 2. The number of carbonyl (C=O) groups is 2. The second kappa shape index (κ2) is 9.29. The van der Waals surface area contributed by atoms with Crippen molar-refractivity contribution < 1.29 is 23.8 Å². The molecule has 0 saturated carbocycles. The van der Waals surface area contributed by atoms with Gasteiger partial charge in [0.25, 0.3) is 5.56 Å². The maximum absolute atomic E-state index is 13.0. The van der Waals surface area contributed by atoms with Gasteiger partial charge >= 0.3 is 5.97 Å². The maximum Gasteiger partial charge on any atom is 0.338 e. The number of rotatable bonds is 6. The quantitative estimate of drug-likeness (QED) is 0.423. The summed E-state index contributed by atoms with van der Waals surface area (Å²) in [4.78, 5) is 35.8. The van der Waals surface area contributed by atoms with Crippen molar-refractivity contribution >= 4 is 36.2 Å². The molecule has 9 heteroatoms. The van der Waals surface area contributed by atoms with Crippen LogP contribution in [0.1, 0.15) is 33.4 Å². The molecule has 172 valence electrons. The van der Waals surface area contributed by atoms with E-state index in [4.69, 9.17) is 20.8 Å². The van der Waals surface area contributed by atoms with Crippen molar-refractivity contribution in [2.45, 2.75) is 6.92 Å². The van der Waals surface area contributed by atoms with Crippen molar-refractivity contribution in [1.29, 1.82) is 0 Å². The van der Waals surface area contributed by atoms with E-state index in [1.165, 1.54) is 22.9 Å². The molecule has 2 heterocycles. The van der Waals surface area contributed by atoms with Crippen LogP contribution in [0.2, 0.25) is 5.02 Å². The van der Waals surface area contributed by atoms with E-state index in [9.17, 15) is 19.5 Å². The number of carboxylic acid groups (broad SMARTS) is 1. The van der Waals surface area contributed by atoms with Gasteiger partial charge in [0, 0.05) is 11.1 Å². The van der Waals surface area contributed by atoms with Gasteiger partial charge in [0.05, 0.1) is 39.4 Å². The first-order valence-electron chi connectivity index (χ1n) is 10.2. The van der Waals surface area contributed by atoms with E-state index in [1.54, 1.807) is 49.4 Å². The van der Waals surface area contributed by atoms with Crippen LogP contribution in [0.25, 0.3) is 29.7 Å². The number of aromatic amines is 1. The number of H-pyrrole nitrogens is 1. The third kappa shape index (κ3) is 4.44. The van der Waals surface area contributed by atoms with Crippen molar-refractivity contribution in [2.24, 2.45) is 0 Å². The molecule has 0 spiro atoms. The number of carboxylic acids is 1. The molecular formula is C25H18ClN2O6-. The number of furan rings is 1. The number of nitrogens with one attached hydrogen (secondary N) is 1. The topological polar surface area (TPSA) is 117 Å². The molecule has 0 bridgehead atoms. The normalized spacial score (nSPS) is 11.5. The van der Waals surface area contributed by atoms with Crippen molar-refractivity contribution in [1.82, 2.24) is 9.78 Å². The van der Waals surface area contributed by atoms with Crippen LogP contribution in [-0.2, 0) is 4.74 Å². The summed E-state index contributed by atoms with van der Waals surface area (Å²) in [6.07, 6.45) is 1.55. The Bertz CT molecular complexity index is 1560. The Morgan fingerprint density at radius 2 is 1.91 bits per heavy atom. The van der Waals surface area contributed by atoms with Gasteiger partial charge in [-0.3, -0.25) is 9.89 Å². The van der Waals surface area contributed by atoms with Crippen LogP contribution in [0.4, 0.5) is 0 Å². The third-order valence-corrected chi connectivity index (χ3v) is 5.34. The zero-order valence-corrected chi connectivity index (χ0v) is 18.7. The molecule has 0 aliphatic carbocycles. The Balaban J connectivity index is 1.65. The fraction of sp³-hybridized carbons (Fsp3) is 0.0800. The van der Waals surface area contributed by atoms with Gasteiger partial charge in [-0.2, -0.15) is 0 Å². The number of nitrogens with zero attached hydrogens (tertiary/aromatic N) is 1. The fourth-order valence-corrected chi connectivity index (χ4v) is 3.60. The van der Waals surface area contributed by atoms with Crippen molar-refractivity contribution in [3.05, 3.63) is 97.4 Å². The molecule has 0 saturated heterocycles. The molecule has 0 radical (unpaired) electrons. The summed E-state index contributed by atoms with van der Waals surface area (Å²) in [6, 6.07) is 14.3. The number of ether oxygens (including phenoxy) is 1. The summed E-state index contributed by atoms with van der Waals surface area (Å²) in [5, 5.41) is 14.4. The molecule has 4 aromatic rings. The molecule has 0 fully saturated rings. The Labute approximate surface area is 198 Å². The number of hydrogen-bond acceptors (Lipinski definition) is 6. The van der Waals surface area contributed by atoms with Gasteiger partial charge in [-0.1, -0.05) is 30.3 Å². The minimum Gasteiger partial charge on any atom is -0.545 e. The Morgan fingerprint density at radius 1 is 1.18 bits per heavy atom. The first-order valence-corrected chi connectivity index (χ1v) is 10.6. The summed E-state index contributed by atoms with van der Waals surface area (Å²) < 4.78 is 12.0. The fourth-order valence-electron chi connectivity index (χ4n) is 3.35. The molecule has 2 aromatic heterocycles. The predicted molar refractivity (Wildman–Crippen MR) is 124 cm³/mol. The van der Waals surface area contributed by atoms with Crippen LogP contribution in [0.5, 0.6) is 0 Å². The van der Waals surface area contributed by atoms with E-state index in [-0.39, 0.29) is 15.8 Å². The highest BCUT2D eigenvalue weighted by atomic mass is 35.5. The van der Waals surface area contributed by atoms with E-state index in [2.05, 4.69) is 11.7 Å². The molecule has 0 aliphatic rings. The molecule has 0 aliphatic heterocycles. The zero-order chi connectivity index (χ0) is 24.4. The van der Waals surface area contributed by atoms with E-state index >= 15 is 0 Å². The monoisotopic (exact) mass is 477 g/mol. The minimum absolute atomic E-state index is 0.0557. The molecule has 8 nitrogen and oxygen atoms in total. The number of hydrogen-bond donors (Lipinski definition) is 1. The molecule has 34 heavy (non-hydrogen) atoms. The van der Waals surface area contributed by atoms with Gasteiger partial charge in [0.15, 0.2) is 0 Å². The van der Waals surface area contributed by atoms with E-state index < -0.39 is 17.5 Å². The number of carbonyl (C=O) groups excluding carboxylic acids is 2. The summed E-state index contributed by atoms with van der Waals surface area (Å²) in [6.45, 7) is 5.91. The Hall–Kier alpha value is -4.30. The maximum atomic E-state index is 13.0. The molecule has 1 N–H and O–H groups in total. The van der Waals surface area contributed by atoms with Crippen molar-refractivity contribution in [2.75, 3.05) is 6.61 Å². The number of esters is 1. The van der Waals surface area contributed by atoms with Crippen LogP contribution in [0.15, 0.2) is 63.8 Å². The molecule has 2 aromatic carbocycles. The van der Waals surface area contributed by atoms with Crippen molar-refractivity contribution in [3.8, 4) is 17.0 Å². The largest absolute Gasteiger partial charge is 0.545 e. The molecule has 4 rings (SSSR count). The SMILES string of the molecule is C=c1[nH]n(-c2ccc(C(=O)[O-])c(Cl)c2)c(=O)/c1=C\c1ccc(-c2ccc(C(=O)OCC)cc2)o1. The smallest absolute Gasteiger partial charge is 0.338 e. The second-order valence-corrected chi connectivity index (χ2v) is 7.65. The van der Waals surface area contributed by atoms with E-state index in [0.29, 0.717) is 34.7 Å². The van der Waals surface area contributed by atoms with Gasteiger partial charge in [-0.25, -0.2) is 9.48 Å². The molecule has 0 amide bonds. The summed E-state index contributed by atoms with van der Waals surface area (Å²) in [5.74, 6) is -0.841. The summed E-state index contributed by atoms with van der Waals surface area (Å²) >= 11 is 5.99. The van der Waals surface area contributed by atoms with Gasteiger partial charge in [0.1, 0.15) is 11.5 Å². The van der Waals surface area contributed by atoms with E-state index in [0.717, 1.165) is 5.56 Å². The predicted octanol–water partition coefficient (Wildman–Crippen LogP) is 1.86. The van der Waals surface area contributed by atoms with Crippen molar-refractivity contribution in [3.63, 3.8) is 0 Å². The third-order valence-electron chi connectivity index (χ3n) is 5.03. The highest BCUT2D eigenvalue weighted by Crippen LogP contribution is 2.23. The minimum atomic E-state index is -1.41. The second-order valence-electron chi connectivity index (χ2n) is 7.24. The first-order chi connectivity index (χ1) is 16.3. The first kappa shape index (κ1) is 22.9. The highest BCUT2D eigenvalue weighted by molar-refractivity contribution is 6.33. The average molecular weight is 478 g/mol. The number of halogens is 1. The van der Waals surface area contributed by atoms with Crippen LogP contribution >= 0.6 is 11.6 Å². The summed E-state index contributed by atoms with van der Waals surface area (Å²) in [5.41, 5.74) is 0.929. The Kier molecular flexibility index (Phi) is 6.25. The lowest BCUT2D eigenvalue weighted by Crippen LogP contribution is -2.33. The highest BCUT2D eigenvalue weighted by Gasteiger charge is 2.11. The van der Waals surface area contributed by atoms with Gasteiger partial charge in [-0.15, -0.1) is 0 Å². The zero-order valence-electron chi connectivity index (χ0n) is 18.0. The van der Waals surface area contributed by atoms with Crippen LogP contribution in [-0.4, -0.2) is 28.3 Å². The lowest BCUT2D eigenvalue weighted by molar-refractivity contribution is -0.255. The molecule has 0 unspecified atom stereocenters. The average Bonchev–Trinajstić information content (AvgIpc) is 3.39. The molecule has 0 atom stereocenters. The van der Waals surface area contributed by atoms with Crippen LogP contribution in [0.3, 0.4) is 0 Å². The van der Waals surface area contributed by atoms with Crippen LogP contribution < -0.4 is 21.2 Å². The van der Waals surface area contributed by atoms with Gasteiger partial charge in [0.2, 0.25) is 0 Å². The number of aromatic nitrogens is 2. The molecular weight excluding hydrogens is 460 g/mol. The summed E-state index contributed by atoms with van der Waals surface area (Å²) in [7, 11) is 0. The standard InChI is InChI=1S/C25H19ClN2O6/c1-3-33-25(32)16-6-4-15(5-7-16)22-11-9-18(34-22)13-20-14(2)27-28(23(20)29)17-8-10-19(24(30)31)21(26)12-17/h4-13,27H,2-3H2,1H3,(H,30,31)/p-1/b20-13-.